The van der Waals surface area contributed by atoms with Crippen LogP contribution in [0, 0.1) is 13.8 Å². The Labute approximate surface area is 229 Å². The van der Waals surface area contributed by atoms with E-state index in [4.69, 9.17) is 26.7 Å². The summed E-state index contributed by atoms with van der Waals surface area (Å²) >= 11 is 8.20. The molecule has 0 unspecified atom stereocenters. The van der Waals surface area contributed by atoms with Gasteiger partial charge in [0, 0.05) is 21.2 Å². The van der Waals surface area contributed by atoms with E-state index in [1.54, 1.807) is 11.3 Å². The Kier molecular flexibility index (Phi) is 5.42. The smallest absolute Gasteiger partial charge is 0.179 e. The Balaban J connectivity index is 1.48. The van der Waals surface area contributed by atoms with Crippen LogP contribution < -0.4 is 10.2 Å². The van der Waals surface area contributed by atoms with Crippen molar-refractivity contribution in [2.45, 2.75) is 19.9 Å². The molecule has 0 amide bonds. The number of aromatic nitrogens is 2. The van der Waals surface area contributed by atoms with Crippen LogP contribution in [0.15, 0.2) is 100 Å². The predicted octanol–water partition coefficient (Wildman–Crippen LogP) is 8.00. The van der Waals surface area contributed by atoms with Crippen LogP contribution in [0.1, 0.15) is 27.7 Å². The number of para-hydroxylation sites is 3. The van der Waals surface area contributed by atoms with E-state index in [0.29, 0.717) is 10.9 Å². The normalized spacial score (nSPS) is 15.8. The third-order valence-electron chi connectivity index (χ3n) is 6.89. The molecule has 2 aliphatic rings. The lowest BCUT2D eigenvalue weighted by atomic mass is 9.98. The van der Waals surface area contributed by atoms with Crippen LogP contribution >= 0.6 is 22.9 Å². The van der Waals surface area contributed by atoms with Gasteiger partial charge in [0.1, 0.15) is 6.04 Å². The van der Waals surface area contributed by atoms with Gasteiger partial charge in [-0.25, -0.2) is 14.7 Å². The molecule has 4 heterocycles. The third-order valence-corrected chi connectivity index (χ3v) is 8.22. The van der Waals surface area contributed by atoms with Gasteiger partial charge in [0.15, 0.2) is 17.5 Å². The van der Waals surface area contributed by atoms with Crippen LogP contribution in [0.3, 0.4) is 0 Å². The van der Waals surface area contributed by atoms with E-state index in [1.807, 2.05) is 66.2 Å². The Morgan fingerprint density at radius 3 is 2.50 bits per heavy atom. The summed E-state index contributed by atoms with van der Waals surface area (Å²) in [6, 6.07) is 28.5. The number of aryl methyl sites for hydroxylation is 2. The third kappa shape index (κ3) is 3.66. The van der Waals surface area contributed by atoms with Crippen LogP contribution in [0.2, 0.25) is 5.02 Å². The van der Waals surface area contributed by atoms with Gasteiger partial charge in [-0.2, -0.15) is 5.10 Å². The SMILES string of the molecule is Cc1ccc(NC2=Nc3ccccc3N3C2=Nc2c(c(C)nn2-c2ccccc2)[C@@H]3c2cccs2)cc1Cl. The second-order valence-corrected chi connectivity index (χ2v) is 10.7. The number of amidine groups is 2. The first-order chi connectivity index (χ1) is 18.6. The van der Waals surface area contributed by atoms with Gasteiger partial charge in [-0.05, 0) is 67.3 Å². The summed E-state index contributed by atoms with van der Waals surface area (Å²) in [6.07, 6.45) is 0. The fraction of sp³-hybridized carbons (Fsp3) is 0.100. The second-order valence-electron chi connectivity index (χ2n) is 9.33. The number of rotatable bonds is 3. The lowest BCUT2D eigenvalue weighted by Gasteiger charge is -2.40. The number of anilines is 2. The van der Waals surface area contributed by atoms with Crippen LogP contribution in [-0.4, -0.2) is 21.5 Å². The maximum absolute atomic E-state index is 6.47. The van der Waals surface area contributed by atoms with Crippen molar-refractivity contribution in [1.29, 1.82) is 0 Å². The molecule has 0 saturated carbocycles. The molecule has 3 aromatic carbocycles. The Morgan fingerprint density at radius 2 is 1.71 bits per heavy atom. The summed E-state index contributed by atoms with van der Waals surface area (Å²) in [5.41, 5.74) is 6.77. The first-order valence-corrected chi connectivity index (χ1v) is 13.6. The van der Waals surface area contributed by atoms with Crippen LogP contribution in [0.25, 0.3) is 5.69 Å². The summed E-state index contributed by atoms with van der Waals surface area (Å²) in [4.78, 5) is 13.8. The minimum atomic E-state index is -0.106. The number of benzene rings is 3. The number of nitrogens with one attached hydrogen (secondary N) is 1. The molecule has 0 aliphatic carbocycles. The molecule has 1 N–H and O–H groups in total. The number of aliphatic imine (C=N–C) groups is 2. The molecule has 0 spiro atoms. The molecule has 7 rings (SSSR count). The first-order valence-electron chi connectivity index (χ1n) is 12.4. The van der Waals surface area contributed by atoms with Crippen molar-refractivity contribution in [3.8, 4) is 5.69 Å². The molecule has 1 atom stereocenters. The molecule has 0 radical (unpaired) electrons. The standard InChI is InChI=1S/C30H23ClN6S/c1-18-14-15-20(17-22(18)31)32-28-30-34-29-26(19(2)35-37(29)21-9-4-3-5-10-21)27(25-13-8-16-38-25)36(30)24-12-7-6-11-23(24)33-28/h3-17,27H,1-2H3,(H,32,33)/t27-/m0/s1. The Bertz CT molecular complexity index is 1740. The van der Waals surface area contributed by atoms with Gasteiger partial charge >= 0.3 is 0 Å². The molecule has 0 bridgehead atoms. The van der Waals surface area contributed by atoms with E-state index in [1.165, 1.54) is 4.88 Å². The van der Waals surface area contributed by atoms with Crippen molar-refractivity contribution in [2.75, 3.05) is 10.2 Å². The number of halogens is 1. The van der Waals surface area contributed by atoms with E-state index in [9.17, 15) is 0 Å². The zero-order valence-electron chi connectivity index (χ0n) is 20.8. The highest BCUT2D eigenvalue weighted by Crippen LogP contribution is 2.49. The highest BCUT2D eigenvalue weighted by atomic mass is 35.5. The van der Waals surface area contributed by atoms with Crippen molar-refractivity contribution >= 4 is 57.5 Å². The van der Waals surface area contributed by atoms with Gasteiger partial charge in [-0.15, -0.1) is 11.3 Å². The van der Waals surface area contributed by atoms with Crippen molar-refractivity contribution in [1.82, 2.24) is 9.78 Å². The average molecular weight is 535 g/mol. The molecular formula is C30H23ClN6S. The van der Waals surface area contributed by atoms with E-state index in [-0.39, 0.29) is 6.04 Å². The number of nitrogens with zero attached hydrogens (tertiary/aromatic N) is 5. The van der Waals surface area contributed by atoms with Gasteiger partial charge in [0.2, 0.25) is 0 Å². The van der Waals surface area contributed by atoms with E-state index in [2.05, 4.69) is 52.9 Å². The second kappa shape index (κ2) is 8.97. The molecule has 6 nitrogen and oxygen atoms in total. The molecule has 0 saturated heterocycles. The molecule has 186 valence electrons. The first kappa shape index (κ1) is 23.0. The van der Waals surface area contributed by atoms with Gasteiger partial charge in [0.05, 0.1) is 22.8 Å². The number of fused-ring (bicyclic) bond motifs is 4. The predicted molar refractivity (Wildman–Crippen MR) is 157 cm³/mol. The summed E-state index contributed by atoms with van der Waals surface area (Å²) < 4.78 is 1.94. The molecule has 5 aromatic rings. The number of thiophene rings is 1. The highest BCUT2D eigenvalue weighted by molar-refractivity contribution is 7.10. The molecule has 2 aromatic heterocycles. The van der Waals surface area contributed by atoms with Gasteiger partial charge in [-0.3, -0.25) is 0 Å². The summed E-state index contributed by atoms with van der Waals surface area (Å²) in [5, 5.41) is 11.3. The van der Waals surface area contributed by atoms with Crippen molar-refractivity contribution < 1.29 is 0 Å². The minimum Gasteiger partial charge on any atom is -0.337 e. The number of hydrogen-bond donors (Lipinski definition) is 1. The topological polar surface area (TPSA) is 57.8 Å². The van der Waals surface area contributed by atoms with E-state index < -0.39 is 0 Å². The van der Waals surface area contributed by atoms with Crippen molar-refractivity contribution in [3.63, 3.8) is 0 Å². The van der Waals surface area contributed by atoms with Gasteiger partial charge < -0.3 is 10.2 Å². The maximum Gasteiger partial charge on any atom is 0.179 e. The van der Waals surface area contributed by atoms with Crippen molar-refractivity contribution in [2.24, 2.45) is 9.98 Å². The largest absolute Gasteiger partial charge is 0.337 e. The van der Waals surface area contributed by atoms with Crippen LogP contribution in [0.4, 0.5) is 22.9 Å². The summed E-state index contributed by atoms with van der Waals surface area (Å²) in [5.74, 6) is 2.21. The zero-order valence-corrected chi connectivity index (χ0v) is 22.3. The van der Waals surface area contributed by atoms with Crippen LogP contribution in [-0.2, 0) is 0 Å². The van der Waals surface area contributed by atoms with Crippen molar-refractivity contribution in [3.05, 3.63) is 117 Å². The molecule has 2 aliphatic heterocycles. The molecule has 38 heavy (non-hydrogen) atoms. The zero-order chi connectivity index (χ0) is 25.8. The molecule has 0 fully saturated rings. The van der Waals surface area contributed by atoms with Gasteiger partial charge in [0.25, 0.3) is 0 Å². The quantitative estimate of drug-likeness (QED) is 0.255. The average Bonchev–Trinajstić information content (AvgIpc) is 3.59. The summed E-state index contributed by atoms with van der Waals surface area (Å²) in [7, 11) is 0. The highest BCUT2D eigenvalue weighted by Gasteiger charge is 2.41. The van der Waals surface area contributed by atoms with Gasteiger partial charge in [-0.1, -0.05) is 54.1 Å². The Hall–Kier alpha value is -4.20. The maximum atomic E-state index is 6.47. The number of hydrogen-bond acceptors (Lipinski definition) is 6. The van der Waals surface area contributed by atoms with Crippen LogP contribution in [0.5, 0.6) is 0 Å². The summed E-state index contributed by atoms with van der Waals surface area (Å²) in [6.45, 7) is 4.06. The lowest BCUT2D eigenvalue weighted by Crippen LogP contribution is -2.46. The monoisotopic (exact) mass is 534 g/mol. The fourth-order valence-corrected chi connectivity index (χ4v) is 6.07. The minimum absolute atomic E-state index is 0.106. The lowest BCUT2D eigenvalue weighted by molar-refractivity contribution is 0.830. The van der Waals surface area contributed by atoms with E-state index in [0.717, 1.165) is 51.2 Å². The van der Waals surface area contributed by atoms with E-state index >= 15 is 0 Å². The fourth-order valence-electron chi connectivity index (χ4n) is 5.07. The molecule has 8 heteroatoms. The molecular weight excluding hydrogens is 512 g/mol. The Morgan fingerprint density at radius 1 is 0.895 bits per heavy atom.